The molecule has 5 aliphatic rings. The summed E-state index contributed by atoms with van der Waals surface area (Å²) >= 11 is 0. The molecule has 242 valence electrons. The first-order valence-corrected chi connectivity index (χ1v) is 16.6. The fraction of sp³-hybridized carbons (Fsp3) is 0.474. The molecule has 8 heteroatoms. The molecular weight excluding hydrogens is 582 g/mol. The van der Waals surface area contributed by atoms with Gasteiger partial charge in [-0.15, -0.1) is 0 Å². The van der Waals surface area contributed by atoms with E-state index in [1.165, 1.54) is 4.90 Å². The number of aliphatic hydroxyl groups excluding tert-OH is 1. The molecule has 3 aliphatic heterocycles. The van der Waals surface area contributed by atoms with Gasteiger partial charge < -0.3 is 24.1 Å². The highest BCUT2D eigenvalue weighted by molar-refractivity contribution is 6.21. The van der Waals surface area contributed by atoms with Crippen molar-refractivity contribution >= 4 is 11.8 Å². The van der Waals surface area contributed by atoms with Crippen molar-refractivity contribution in [3.8, 4) is 0 Å². The minimum atomic E-state index is -0.460. The lowest BCUT2D eigenvalue weighted by Crippen LogP contribution is -2.51. The summed E-state index contributed by atoms with van der Waals surface area (Å²) < 4.78 is 24.3. The number of amides is 2. The molecule has 1 N–H and O–H groups in total. The normalized spacial score (nSPS) is 35.3. The van der Waals surface area contributed by atoms with Crippen molar-refractivity contribution in [1.29, 1.82) is 0 Å². The highest BCUT2D eigenvalue weighted by Crippen LogP contribution is 2.47. The van der Waals surface area contributed by atoms with Crippen LogP contribution < -0.4 is 0 Å². The van der Waals surface area contributed by atoms with Crippen molar-refractivity contribution in [2.75, 3.05) is 13.2 Å². The third-order valence-corrected chi connectivity index (χ3v) is 10.0. The van der Waals surface area contributed by atoms with Crippen molar-refractivity contribution in [3.63, 3.8) is 0 Å². The number of imide groups is 1. The smallest absolute Gasteiger partial charge is 0.261 e. The molecule has 0 bridgehead atoms. The minimum absolute atomic E-state index is 0.172. The van der Waals surface area contributed by atoms with Gasteiger partial charge in [0.05, 0.1) is 41.6 Å². The molecule has 4 fully saturated rings. The number of aliphatic hydroxyl groups is 1. The molecule has 0 radical (unpaired) electrons. The van der Waals surface area contributed by atoms with Crippen LogP contribution >= 0.6 is 0 Å². The quantitative estimate of drug-likeness (QED) is 0.328. The lowest BCUT2D eigenvalue weighted by Gasteiger charge is -2.42. The van der Waals surface area contributed by atoms with Gasteiger partial charge in [-0.3, -0.25) is 14.5 Å². The third kappa shape index (κ3) is 6.17. The van der Waals surface area contributed by atoms with E-state index in [1.807, 2.05) is 60.7 Å². The number of nitrogens with zero attached hydrogens (tertiary/aromatic N) is 1. The van der Waals surface area contributed by atoms with Crippen LogP contribution in [0.3, 0.4) is 0 Å². The van der Waals surface area contributed by atoms with Crippen LogP contribution in [0.4, 0.5) is 0 Å². The van der Waals surface area contributed by atoms with Crippen LogP contribution in [0.5, 0.6) is 0 Å². The molecule has 2 saturated heterocycles. The number of hydrogen-bond donors (Lipinski definition) is 1. The first-order chi connectivity index (χ1) is 22.2. The average molecular weight is 626 g/mol. The SMILES string of the molecule is C[C@H]1C[C@@H](O)C[C@@]2(COC(c3ccccc3)O2)C1.C[C@H]1C[C@H](N2C(=O)c3ccccc3C2=O)C[C@@]2(COC(c3ccccc3)O2)C1. The Bertz CT molecular complexity index is 1500. The van der Waals surface area contributed by atoms with Gasteiger partial charge >= 0.3 is 0 Å². The lowest BCUT2D eigenvalue weighted by molar-refractivity contribution is -0.124. The number of fused-ring (bicyclic) bond motifs is 1. The molecule has 8 rings (SSSR count). The monoisotopic (exact) mass is 625 g/mol. The summed E-state index contributed by atoms with van der Waals surface area (Å²) in [6.07, 6.45) is 3.91. The Kier molecular flexibility index (Phi) is 8.59. The number of carbonyl (C=O) groups is 2. The van der Waals surface area contributed by atoms with Crippen molar-refractivity contribution in [1.82, 2.24) is 4.90 Å². The van der Waals surface area contributed by atoms with Gasteiger partial charge in [-0.2, -0.15) is 0 Å². The van der Waals surface area contributed by atoms with Crippen LogP contribution in [0, 0.1) is 11.8 Å². The van der Waals surface area contributed by atoms with E-state index in [9.17, 15) is 14.7 Å². The van der Waals surface area contributed by atoms with Crippen LogP contribution in [0.1, 0.15) is 96.8 Å². The lowest BCUT2D eigenvalue weighted by atomic mass is 9.76. The van der Waals surface area contributed by atoms with Gasteiger partial charge in [-0.05, 0) is 56.1 Å². The van der Waals surface area contributed by atoms with Crippen LogP contribution in [0.15, 0.2) is 84.9 Å². The molecule has 46 heavy (non-hydrogen) atoms. The second kappa shape index (κ2) is 12.7. The molecule has 3 aromatic rings. The van der Waals surface area contributed by atoms with Crippen molar-refractivity contribution in [2.24, 2.45) is 11.8 Å². The minimum Gasteiger partial charge on any atom is -0.393 e. The van der Waals surface area contributed by atoms with Gasteiger partial charge in [0.2, 0.25) is 0 Å². The van der Waals surface area contributed by atoms with E-state index in [1.54, 1.807) is 24.3 Å². The number of ether oxygens (including phenoxy) is 4. The number of rotatable bonds is 3. The maximum absolute atomic E-state index is 12.9. The van der Waals surface area contributed by atoms with E-state index >= 15 is 0 Å². The third-order valence-electron chi connectivity index (χ3n) is 10.0. The molecule has 2 spiro atoms. The molecule has 8 nitrogen and oxygen atoms in total. The van der Waals surface area contributed by atoms with Crippen molar-refractivity contribution in [2.45, 2.75) is 88.3 Å². The summed E-state index contributed by atoms with van der Waals surface area (Å²) in [6.45, 7) is 5.40. The van der Waals surface area contributed by atoms with Gasteiger partial charge in [-0.1, -0.05) is 86.6 Å². The summed E-state index contributed by atoms with van der Waals surface area (Å²) in [7, 11) is 0. The van der Waals surface area contributed by atoms with Gasteiger partial charge in [-0.25, -0.2) is 0 Å². The molecule has 3 heterocycles. The predicted octanol–water partition coefficient (Wildman–Crippen LogP) is 6.61. The van der Waals surface area contributed by atoms with E-state index in [4.69, 9.17) is 18.9 Å². The van der Waals surface area contributed by atoms with Crippen molar-refractivity contribution < 1.29 is 33.6 Å². The Morgan fingerprint density at radius 2 is 1.09 bits per heavy atom. The van der Waals surface area contributed by atoms with E-state index in [-0.39, 0.29) is 35.9 Å². The van der Waals surface area contributed by atoms with Gasteiger partial charge in [0, 0.05) is 23.6 Å². The molecule has 2 amide bonds. The molecule has 0 aromatic heterocycles. The Balaban J connectivity index is 0.000000162. The predicted molar refractivity (Wildman–Crippen MR) is 171 cm³/mol. The second-order valence-corrected chi connectivity index (χ2v) is 14.0. The summed E-state index contributed by atoms with van der Waals surface area (Å²) in [5, 5.41) is 9.93. The Labute approximate surface area is 270 Å². The topological polar surface area (TPSA) is 94.5 Å². The van der Waals surface area contributed by atoms with Crippen LogP contribution in [-0.2, 0) is 18.9 Å². The van der Waals surface area contributed by atoms with E-state index in [0.29, 0.717) is 49.0 Å². The molecule has 2 unspecified atom stereocenters. The highest BCUT2D eigenvalue weighted by atomic mass is 16.7. The van der Waals surface area contributed by atoms with E-state index < -0.39 is 11.9 Å². The van der Waals surface area contributed by atoms with Crippen LogP contribution in [0.2, 0.25) is 0 Å². The number of carbonyl (C=O) groups excluding carboxylic acids is 2. The first-order valence-electron chi connectivity index (χ1n) is 16.6. The van der Waals surface area contributed by atoms with Gasteiger partial charge in [0.15, 0.2) is 12.6 Å². The average Bonchev–Trinajstić information content (AvgIpc) is 3.72. The highest BCUT2D eigenvalue weighted by Gasteiger charge is 2.51. The Morgan fingerprint density at radius 1 is 0.630 bits per heavy atom. The molecule has 2 aliphatic carbocycles. The zero-order valence-corrected chi connectivity index (χ0v) is 26.5. The second-order valence-electron chi connectivity index (χ2n) is 14.0. The molecular formula is C38H43NO7. The number of benzene rings is 3. The Hall–Kier alpha value is -3.40. The van der Waals surface area contributed by atoms with E-state index in [0.717, 1.165) is 36.8 Å². The van der Waals surface area contributed by atoms with Crippen LogP contribution in [-0.4, -0.2) is 58.4 Å². The summed E-state index contributed by atoms with van der Waals surface area (Å²) in [5.74, 6) is 0.454. The fourth-order valence-corrected chi connectivity index (χ4v) is 8.32. The van der Waals surface area contributed by atoms with E-state index in [2.05, 4.69) is 13.8 Å². The van der Waals surface area contributed by atoms with Crippen molar-refractivity contribution in [3.05, 3.63) is 107 Å². The zero-order chi connectivity index (χ0) is 31.9. The maximum atomic E-state index is 12.9. The molecule has 8 atom stereocenters. The summed E-state index contributed by atoms with van der Waals surface area (Å²) in [6, 6.07) is 26.8. The first kappa shape index (κ1) is 31.2. The molecule has 3 aromatic carbocycles. The zero-order valence-electron chi connectivity index (χ0n) is 26.5. The maximum Gasteiger partial charge on any atom is 0.261 e. The Morgan fingerprint density at radius 3 is 1.59 bits per heavy atom. The van der Waals surface area contributed by atoms with Gasteiger partial charge in [0.25, 0.3) is 11.8 Å². The fourth-order valence-electron chi connectivity index (χ4n) is 8.32. The van der Waals surface area contributed by atoms with Gasteiger partial charge in [0.1, 0.15) is 0 Å². The number of hydrogen-bond acceptors (Lipinski definition) is 7. The summed E-state index contributed by atoms with van der Waals surface area (Å²) in [5.41, 5.74) is 2.32. The standard InChI is InChI=1S/C23H23NO4.C15H20O3/c1-15-11-17(24-20(25)18-9-5-6-10-19(18)21(24)26)13-23(12-15)14-27-22(28-23)16-7-3-2-4-8-16;1-11-7-13(16)9-15(8-11)10-17-14(18-15)12-5-3-2-4-6-12/h2-10,15,17,22H,11-14H2,1H3;2-6,11,13-14,16H,7-10H2,1H3/t15-,17-,22?,23+;11-,13+,14?,15+/m00/s1. The largest absolute Gasteiger partial charge is 0.393 e. The summed E-state index contributed by atoms with van der Waals surface area (Å²) in [4.78, 5) is 27.3. The van der Waals surface area contributed by atoms with Crippen LogP contribution in [0.25, 0.3) is 0 Å². The molecule has 2 saturated carbocycles.